The Labute approximate surface area is 536 Å². The van der Waals surface area contributed by atoms with Crippen molar-refractivity contribution in [2.75, 3.05) is 10.6 Å². The number of halogens is 3. The minimum atomic E-state index is -5.51. The number of benzene rings is 6. The fourth-order valence-electron chi connectivity index (χ4n) is 5.88. The third kappa shape index (κ3) is 16.2. The second-order valence-electron chi connectivity index (χ2n) is 13.2. The average molecular weight is 1270 g/mol. The minimum Gasteiger partial charge on any atom is -0.871 e. The van der Waals surface area contributed by atoms with Crippen LogP contribution in [0.2, 0.25) is 15.3 Å². The molecule has 2 N–H and O–H groups in total. The molecule has 2 radical (unpaired) electrons. The molecule has 0 fully saturated rings. The third-order valence-electron chi connectivity index (χ3n) is 8.81. The molecule has 6 aromatic carbocycles. The predicted molar refractivity (Wildman–Crippen MR) is 220 cm³/mol. The molecule has 0 aliphatic rings. The molecule has 1 heterocycles. The molecule has 38 heteroatoms. The maximum Gasteiger partial charge on any atom is 2.00 e. The molecular weight excluding hydrogens is 1260 g/mol. The molecule has 73 heavy (non-hydrogen) atoms. The number of hydrogen-bond acceptors (Lipinski definition) is 25. The number of azo groups is 2. The van der Waals surface area contributed by atoms with Crippen LogP contribution < -0.4 is 149 Å². The van der Waals surface area contributed by atoms with Gasteiger partial charge in [0, 0.05) is 21.4 Å². The van der Waals surface area contributed by atoms with Crippen molar-refractivity contribution in [1.82, 2.24) is 15.0 Å². The molecule has 7 aromatic rings. The Bertz CT molecular complexity index is 3600. The van der Waals surface area contributed by atoms with Gasteiger partial charge in [-0.15, -0.1) is 10.2 Å². The van der Waals surface area contributed by atoms with Crippen molar-refractivity contribution in [2.45, 2.75) is 19.6 Å². The van der Waals surface area contributed by atoms with Gasteiger partial charge in [-0.1, -0.05) is 58.3 Å². The van der Waals surface area contributed by atoms with Crippen LogP contribution in [0.5, 0.6) is 23.0 Å². The van der Waals surface area contributed by atoms with E-state index in [1.807, 2.05) is 0 Å². The molecule has 0 unspecified atom stereocenters. The molecule has 7 rings (SSSR count). The van der Waals surface area contributed by atoms with E-state index in [2.05, 4.69) is 46.0 Å². The molecule has 0 bridgehead atoms. The largest absolute Gasteiger partial charge is 2.00 e. The summed E-state index contributed by atoms with van der Waals surface area (Å²) in [6, 6.07) is 10.7. The first-order valence-corrected chi connectivity index (χ1v) is 24.0. The Morgan fingerprint density at radius 2 is 0.781 bits per heavy atom. The van der Waals surface area contributed by atoms with Gasteiger partial charge in [0.25, 0.3) is 0 Å². The number of anilines is 4. The van der Waals surface area contributed by atoms with E-state index in [1.54, 1.807) is 0 Å². The van der Waals surface area contributed by atoms with E-state index in [9.17, 15) is 72.3 Å². The van der Waals surface area contributed by atoms with Gasteiger partial charge < -0.3 is 49.3 Å². The molecule has 0 aliphatic carbocycles. The first-order chi connectivity index (χ1) is 31.1. The minimum absolute atomic E-state index is 0. The van der Waals surface area contributed by atoms with E-state index < -0.39 is 121 Å². The van der Waals surface area contributed by atoms with Crippen molar-refractivity contribution in [2.24, 2.45) is 20.5 Å². The Kier molecular flexibility index (Phi) is 25.5. The molecule has 366 valence electrons. The summed E-state index contributed by atoms with van der Waals surface area (Å²) in [5, 5.41) is 68.1. The normalized spacial score (nSPS) is 11.7. The Morgan fingerprint density at radius 1 is 0.438 bits per heavy atom. The molecular formula is C35H14Cl3Cu2N9Na4O16S4. The van der Waals surface area contributed by atoms with Crippen LogP contribution >= 0.6 is 34.8 Å². The summed E-state index contributed by atoms with van der Waals surface area (Å²) in [6.07, 6.45) is 0. The second-order valence-corrected chi connectivity index (χ2v) is 19.8. The van der Waals surface area contributed by atoms with E-state index in [-0.39, 0.29) is 197 Å². The van der Waals surface area contributed by atoms with E-state index in [0.717, 1.165) is 24.3 Å². The van der Waals surface area contributed by atoms with Crippen LogP contribution in [-0.4, -0.2) is 66.8 Å². The summed E-state index contributed by atoms with van der Waals surface area (Å²) >= 11 is 17.6. The van der Waals surface area contributed by atoms with E-state index in [0.29, 0.717) is 24.3 Å². The van der Waals surface area contributed by atoms with Crippen LogP contribution in [0.1, 0.15) is 0 Å². The summed E-state index contributed by atoms with van der Waals surface area (Å²) in [5.41, 5.74) is -3.80. The van der Waals surface area contributed by atoms with Crippen molar-refractivity contribution in [3.05, 3.63) is 88.1 Å². The van der Waals surface area contributed by atoms with Crippen LogP contribution in [0.4, 0.5) is 46.0 Å². The molecule has 1 aromatic heterocycles. The second kappa shape index (κ2) is 26.8. The maximum absolute atomic E-state index is 13.5. The molecule has 0 saturated carbocycles. The summed E-state index contributed by atoms with van der Waals surface area (Å²) in [4.78, 5) is 7.61. The number of hydrogen-bond donors (Lipinski definition) is 2. The average Bonchev–Trinajstić information content (AvgIpc) is 3.20. The first kappa shape index (κ1) is 69.4. The van der Waals surface area contributed by atoms with Gasteiger partial charge >= 0.3 is 152 Å². The summed E-state index contributed by atoms with van der Waals surface area (Å²) in [5.74, 6) is -5.26. The van der Waals surface area contributed by atoms with Gasteiger partial charge in [-0.2, -0.15) is 25.2 Å². The van der Waals surface area contributed by atoms with Crippen molar-refractivity contribution in [3.8, 4) is 23.0 Å². The smallest absolute Gasteiger partial charge is 0.871 e. The number of nitrogens with zero attached hydrogens (tertiary/aromatic N) is 7. The fourth-order valence-corrected chi connectivity index (χ4v) is 8.91. The summed E-state index contributed by atoms with van der Waals surface area (Å²) < 4.78 is 143. The van der Waals surface area contributed by atoms with Crippen LogP contribution in [-0.2, 0) is 74.6 Å². The summed E-state index contributed by atoms with van der Waals surface area (Å²) in [7, 11) is -21.4. The number of aromatic nitrogens is 3. The maximum atomic E-state index is 13.5. The van der Waals surface area contributed by atoms with Gasteiger partial charge in [-0.05, 0) is 93.8 Å². The molecule has 25 nitrogen and oxygen atoms in total. The van der Waals surface area contributed by atoms with Crippen molar-refractivity contribution >= 4 is 143 Å². The van der Waals surface area contributed by atoms with Crippen molar-refractivity contribution in [1.29, 1.82) is 0 Å². The predicted octanol–water partition coefficient (Wildman–Crippen LogP) is -7.62. The van der Waals surface area contributed by atoms with Crippen LogP contribution in [0.25, 0.3) is 21.5 Å². The molecule has 0 amide bonds. The quantitative estimate of drug-likeness (QED) is 0.0652. The van der Waals surface area contributed by atoms with Gasteiger partial charge in [-0.3, -0.25) is 0 Å². The number of fused-ring (bicyclic) bond motifs is 2. The number of nitrogens with one attached hydrogen (secondary N) is 2. The van der Waals surface area contributed by atoms with Crippen LogP contribution in [0.15, 0.2) is 113 Å². The summed E-state index contributed by atoms with van der Waals surface area (Å²) in [6.45, 7) is 0. The topological polar surface area (TPSA) is 433 Å². The fraction of sp³-hybridized carbons (Fsp3) is 0. The van der Waals surface area contributed by atoms with Crippen LogP contribution in [0, 0.1) is 0 Å². The van der Waals surface area contributed by atoms with E-state index in [1.165, 1.54) is 24.3 Å². The molecule has 0 atom stereocenters. The monoisotopic (exact) mass is 1270 g/mol. The SMILES string of the molecule is O=S(=O)([O-])c1cc(Cl)c([O-])c(N=Nc2c(S(=O)(=O)[O-])cc3cc(Nc4nc(Cl)nc(Nc5ccc6c([O-])c(N=Nc7cc(S(=O)(=O)[O-])cc(Cl)c7[O-])c(S(=O)(=O)[O-])cc6c5)n4)ccc3c2[O-])c1.[Cu+2].[Cu+2].[Na+].[Na+].[Na+].[Na+]. The van der Waals surface area contributed by atoms with Crippen LogP contribution in [0.3, 0.4) is 0 Å². The molecule has 0 spiro atoms. The van der Waals surface area contributed by atoms with E-state index in [4.69, 9.17) is 34.8 Å². The molecule has 0 aliphatic heterocycles. The Hall–Kier alpha value is -1.60. The standard InChI is InChI=1S/C35H22Cl3N9O16S4.2Cu.4Na/c36-21-9-17(64(52,53)54)11-23(31(21)50)44-46-27-25(66(58,59)60)7-13-5-15(1-3-19(13)29(27)48)39-34-41-33(38)42-35(43-34)40-16-2-4-20-14(6-16)8-26(67(61,62)63)28(30(20)49)47-45-24-12-18(65(55,56)57)10-22(37)32(24)51;;;;;;/h1-12,48-51H,(H,52,53,54)(H,55,56,57)(H,58,59,60)(H,61,62,63)(H2,39,40,41,42,43);;;;;;/q;2*+2;4*+1/p-8. The van der Waals surface area contributed by atoms with Gasteiger partial charge in [0.1, 0.15) is 40.5 Å². The third-order valence-corrected chi connectivity index (χ3v) is 12.9. The zero-order valence-electron chi connectivity index (χ0n) is 36.5. The van der Waals surface area contributed by atoms with Crippen molar-refractivity contribution < 1.29 is 225 Å². The number of rotatable bonds is 12. The zero-order valence-corrected chi connectivity index (χ0v) is 51.9. The van der Waals surface area contributed by atoms with E-state index >= 15 is 0 Å². The first-order valence-electron chi connectivity index (χ1n) is 17.3. The Morgan fingerprint density at radius 3 is 1.10 bits per heavy atom. The van der Waals surface area contributed by atoms with Gasteiger partial charge in [-0.25, -0.2) is 33.7 Å². The zero-order chi connectivity index (χ0) is 49.1. The van der Waals surface area contributed by atoms with Gasteiger partial charge in [0.2, 0.25) is 17.2 Å². The molecule has 0 saturated heterocycles. The van der Waals surface area contributed by atoms with Crippen molar-refractivity contribution in [3.63, 3.8) is 0 Å². The van der Waals surface area contributed by atoms with Gasteiger partial charge in [0.15, 0.2) is 0 Å². The Balaban J connectivity index is 0.00000444. The van der Waals surface area contributed by atoms with Gasteiger partial charge in [0.05, 0.1) is 42.3 Å².